The molecule has 0 bridgehead atoms. The second-order valence-corrected chi connectivity index (χ2v) is 8.07. The molecule has 0 saturated heterocycles. The van der Waals surface area contributed by atoms with E-state index < -0.39 is 11.5 Å². The number of aliphatic carboxylic acids is 1. The van der Waals surface area contributed by atoms with Crippen LogP contribution in [0, 0.1) is 5.82 Å². The molecular formula is C24H27ClFNO4. The van der Waals surface area contributed by atoms with Gasteiger partial charge in [0.25, 0.3) is 0 Å². The van der Waals surface area contributed by atoms with E-state index in [4.69, 9.17) is 21.1 Å². The van der Waals surface area contributed by atoms with Crippen molar-refractivity contribution >= 4 is 23.6 Å². The quantitative estimate of drug-likeness (QED) is 0.534. The first kappa shape index (κ1) is 23.1. The van der Waals surface area contributed by atoms with Gasteiger partial charge in [-0.15, -0.1) is 0 Å². The largest absolute Gasteiger partial charge is 0.493 e. The van der Waals surface area contributed by atoms with E-state index in [2.05, 4.69) is 5.32 Å². The summed E-state index contributed by atoms with van der Waals surface area (Å²) in [6.45, 7) is 0.578. The third-order valence-corrected chi connectivity index (χ3v) is 5.93. The molecule has 2 N–H and O–H groups in total. The van der Waals surface area contributed by atoms with E-state index in [0.29, 0.717) is 41.5 Å². The lowest BCUT2D eigenvalue weighted by Gasteiger charge is -2.33. The van der Waals surface area contributed by atoms with Gasteiger partial charge in [0, 0.05) is 17.1 Å². The molecule has 2 aromatic rings. The molecule has 1 saturated carbocycles. The standard InChI is InChI=1S/C24H27ClFNO4/c1-30-22-14-17(6-5-13-27-24(23(28)29)11-3-2-4-12-24)7-10-21(22)31-16-18-15-19(26)8-9-20(18)25/h5-10,14-15,27H,2-4,11-13,16H2,1H3,(H,28,29). The Labute approximate surface area is 186 Å². The van der Waals surface area contributed by atoms with Crippen LogP contribution in [-0.4, -0.2) is 30.3 Å². The lowest BCUT2D eigenvalue weighted by molar-refractivity contribution is -0.146. The zero-order chi connectivity index (χ0) is 22.3. The van der Waals surface area contributed by atoms with Gasteiger partial charge in [-0.1, -0.05) is 49.1 Å². The molecule has 0 unspecified atom stereocenters. The Bertz CT molecular complexity index is 941. The summed E-state index contributed by atoms with van der Waals surface area (Å²) in [5, 5.41) is 13.3. The fourth-order valence-corrected chi connectivity index (χ4v) is 3.96. The van der Waals surface area contributed by atoms with E-state index in [9.17, 15) is 14.3 Å². The number of hydrogen-bond acceptors (Lipinski definition) is 4. The molecule has 0 heterocycles. The van der Waals surface area contributed by atoms with E-state index in [1.165, 1.54) is 18.2 Å². The number of rotatable bonds is 9. The molecule has 0 aromatic heterocycles. The van der Waals surface area contributed by atoms with Crippen LogP contribution in [0.4, 0.5) is 4.39 Å². The maximum Gasteiger partial charge on any atom is 0.323 e. The number of carbonyl (C=O) groups is 1. The average Bonchev–Trinajstić information content (AvgIpc) is 2.78. The zero-order valence-corrected chi connectivity index (χ0v) is 18.3. The molecule has 2 aromatic carbocycles. The van der Waals surface area contributed by atoms with Crippen LogP contribution in [-0.2, 0) is 11.4 Å². The molecule has 0 atom stereocenters. The highest BCUT2D eigenvalue weighted by atomic mass is 35.5. The Hall–Kier alpha value is -2.57. The second-order valence-electron chi connectivity index (χ2n) is 7.67. The van der Waals surface area contributed by atoms with Crippen molar-refractivity contribution in [3.8, 4) is 11.5 Å². The van der Waals surface area contributed by atoms with Crippen LogP contribution in [0.5, 0.6) is 11.5 Å². The Morgan fingerprint density at radius 2 is 1.97 bits per heavy atom. The van der Waals surface area contributed by atoms with Crippen LogP contribution in [0.15, 0.2) is 42.5 Å². The maximum absolute atomic E-state index is 13.4. The predicted octanol–water partition coefficient (Wildman–Crippen LogP) is 5.46. The first-order chi connectivity index (χ1) is 14.9. The number of carboxylic acids is 1. The van der Waals surface area contributed by atoms with Crippen molar-refractivity contribution in [3.63, 3.8) is 0 Å². The highest BCUT2D eigenvalue weighted by molar-refractivity contribution is 6.31. The molecule has 1 aliphatic carbocycles. The molecule has 5 nitrogen and oxygen atoms in total. The molecule has 3 rings (SSSR count). The van der Waals surface area contributed by atoms with Crippen LogP contribution >= 0.6 is 11.6 Å². The zero-order valence-electron chi connectivity index (χ0n) is 17.5. The SMILES string of the molecule is COc1cc(C=CCNC2(C(=O)O)CCCCC2)ccc1OCc1cc(F)ccc1Cl. The number of nitrogens with one attached hydrogen (secondary N) is 1. The van der Waals surface area contributed by atoms with Crippen LogP contribution in [0.25, 0.3) is 6.08 Å². The minimum absolute atomic E-state index is 0.114. The smallest absolute Gasteiger partial charge is 0.323 e. The van der Waals surface area contributed by atoms with Gasteiger partial charge in [-0.25, -0.2) is 4.39 Å². The van der Waals surface area contributed by atoms with Crippen LogP contribution < -0.4 is 14.8 Å². The second kappa shape index (κ2) is 10.6. The van der Waals surface area contributed by atoms with Crippen LogP contribution in [0.1, 0.15) is 43.2 Å². The van der Waals surface area contributed by atoms with E-state index in [0.717, 1.165) is 24.8 Å². The Kier molecular flexibility index (Phi) is 7.93. The number of benzene rings is 2. The fourth-order valence-electron chi connectivity index (χ4n) is 3.79. The van der Waals surface area contributed by atoms with Gasteiger partial charge in [0.2, 0.25) is 0 Å². The molecule has 0 radical (unpaired) electrons. The lowest BCUT2D eigenvalue weighted by Crippen LogP contribution is -2.53. The first-order valence-corrected chi connectivity index (χ1v) is 10.7. The van der Waals surface area contributed by atoms with Crippen molar-refractivity contribution in [3.05, 3.63) is 64.4 Å². The van der Waals surface area contributed by atoms with E-state index >= 15 is 0 Å². The van der Waals surface area contributed by atoms with Crippen molar-refractivity contribution < 1.29 is 23.8 Å². The third kappa shape index (κ3) is 5.99. The number of methoxy groups -OCH3 is 1. The van der Waals surface area contributed by atoms with E-state index in [-0.39, 0.29) is 12.4 Å². The normalized spacial score (nSPS) is 15.7. The summed E-state index contributed by atoms with van der Waals surface area (Å²) >= 11 is 6.09. The number of hydrogen-bond donors (Lipinski definition) is 2. The van der Waals surface area contributed by atoms with Gasteiger partial charge >= 0.3 is 5.97 Å². The van der Waals surface area contributed by atoms with E-state index in [1.54, 1.807) is 13.2 Å². The topological polar surface area (TPSA) is 67.8 Å². The highest BCUT2D eigenvalue weighted by Gasteiger charge is 2.38. The minimum Gasteiger partial charge on any atom is -0.493 e. The van der Waals surface area contributed by atoms with Crippen molar-refractivity contribution in [2.24, 2.45) is 0 Å². The van der Waals surface area contributed by atoms with Crippen molar-refractivity contribution in [2.75, 3.05) is 13.7 Å². The summed E-state index contributed by atoms with van der Waals surface area (Å²) in [4.78, 5) is 11.7. The summed E-state index contributed by atoms with van der Waals surface area (Å²) in [7, 11) is 1.55. The minimum atomic E-state index is -0.823. The molecule has 0 amide bonds. The van der Waals surface area contributed by atoms with Gasteiger partial charge in [0.1, 0.15) is 18.0 Å². The number of ether oxygens (including phenoxy) is 2. The van der Waals surface area contributed by atoms with Gasteiger partial charge in [-0.3, -0.25) is 10.1 Å². The monoisotopic (exact) mass is 447 g/mol. The molecule has 0 aliphatic heterocycles. The summed E-state index contributed by atoms with van der Waals surface area (Å²) in [6.07, 6.45) is 8.08. The maximum atomic E-state index is 13.4. The van der Waals surface area contributed by atoms with Crippen LogP contribution in [0.3, 0.4) is 0 Å². The molecule has 1 aliphatic rings. The average molecular weight is 448 g/mol. The summed E-state index contributed by atoms with van der Waals surface area (Å²) in [5.41, 5.74) is 0.618. The Morgan fingerprint density at radius 3 is 2.68 bits per heavy atom. The Balaban J connectivity index is 1.61. The third-order valence-electron chi connectivity index (χ3n) is 5.56. The van der Waals surface area contributed by atoms with Crippen molar-refractivity contribution in [1.82, 2.24) is 5.32 Å². The van der Waals surface area contributed by atoms with Crippen molar-refractivity contribution in [2.45, 2.75) is 44.2 Å². The summed E-state index contributed by atoms with van der Waals surface area (Å²) in [6, 6.07) is 9.61. The first-order valence-electron chi connectivity index (χ1n) is 10.3. The molecule has 7 heteroatoms. The fraction of sp³-hybridized carbons (Fsp3) is 0.375. The number of carboxylic acid groups (broad SMARTS) is 1. The molecule has 0 spiro atoms. The predicted molar refractivity (Wildman–Crippen MR) is 119 cm³/mol. The molecule has 31 heavy (non-hydrogen) atoms. The van der Waals surface area contributed by atoms with Gasteiger partial charge < -0.3 is 14.6 Å². The highest BCUT2D eigenvalue weighted by Crippen LogP contribution is 2.31. The molecule has 1 fully saturated rings. The lowest BCUT2D eigenvalue weighted by atomic mass is 9.81. The van der Waals surface area contributed by atoms with Crippen LogP contribution in [0.2, 0.25) is 5.02 Å². The van der Waals surface area contributed by atoms with Crippen molar-refractivity contribution in [1.29, 1.82) is 0 Å². The van der Waals surface area contributed by atoms with E-state index in [1.807, 2.05) is 24.3 Å². The number of halogens is 2. The summed E-state index contributed by atoms with van der Waals surface area (Å²) < 4.78 is 24.6. The molecular weight excluding hydrogens is 421 g/mol. The van der Waals surface area contributed by atoms with Gasteiger partial charge in [-0.2, -0.15) is 0 Å². The summed E-state index contributed by atoms with van der Waals surface area (Å²) in [5.74, 6) is -0.0915. The molecule has 166 valence electrons. The van der Waals surface area contributed by atoms with Gasteiger partial charge in [-0.05, 0) is 48.7 Å². The van der Waals surface area contributed by atoms with Gasteiger partial charge in [0.15, 0.2) is 11.5 Å². The van der Waals surface area contributed by atoms with Gasteiger partial charge in [0.05, 0.1) is 7.11 Å². The Morgan fingerprint density at radius 1 is 1.19 bits per heavy atom.